The molecule has 31 heavy (non-hydrogen) atoms. The number of nitrogens with zero attached hydrogens (tertiary/aromatic N) is 2. The smallest absolute Gasteiger partial charge is 0.325 e. The summed E-state index contributed by atoms with van der Waals surface area (Å²) in [4.78, 5) is 32.7. The van der Waals surface area contributed by atoms with Crippen LogP contribution in [0.25, 0.3) is 10.6 Å². The summed E-state index contributed by atoms with van der Waals surface area (Å²) >= 11 is 1.52. The monoisotopic (exact) mass is 435 g/mol. The van der Waals surface area contributed by atoms with Gasteiger partial charge in [-0.25, -0.2) is 9.78 Å². The number of benzene rings is 2. The zero-order valence-corrected chi connectivity index (χ0v) is 18.7. The first-order valence-electron chi connectivity index (χ1n) is 10.2. The average Bonchev–Trinajstić information content (AvgIpc) is 3.26. The molecule has 160 valence electrons. The molecule has 3 amide bonds. The third kappa shape index (κ3) is 4.32. The number of aryl methyl sites for hydroxylation is 2. The standard InChI is InChI=1S/C24H25N3O3S/c1-16-20(31-21(25-16)18-7-5-4-6-8-18)15-27-22(28)24(2,26-23(27)29)14-13-17-9-11-19(30-3)12-10-17/h4-12H,13-15H2,1-3H3,(H,26,29). The van der Waals surface area contributed by atoms with Gasteiger partial charge in [-0.05, 0) is 44.4 Å². The number of hydrogen-bond donors (Lipinski definition) is 1. The quantitative estimate of drug-likeness (QED) is 0.552. The van der Waals surface area contributed by atoms with Crippen LogP contribution in [-0.2, 0) is 17.8 Å². The van der Waals surface area contributed by atoms with Crippen LogP contribution >= 0.6 is 11.3 Å². The Morgan fingerprint density at radius 1 is 1.10 bits per heavy atom. The lowest BCUT2D eigenvalue weighted by Gasteiger charge is -2.21. The molecule has 2 aromatic carbocycles. The summed E-state index contributed by atoms with van der Waals surface area (Å²) in [6, 6.07) is 17.3. The molecule has 4 rings (SSSR count). The summed E-state index contributed by atoms with van der Waals surface area (Å²) in [5, 5.41) is 3.79. The molecule has 1 unspecified atom stereocenters. The number of ether oxygens (including phenoxy) is 1. The summed E-state index contributed by atoms with van der Waals surface area (Å²) in [6.45, 7) is 3.95. The van der Waals surface area contributed by atoms with Crippen LogP contribution in [-0.4, -0.2) is 34.5 Å². The fourth-order valence-electron chi connectivity index (χ4n) is 3.67. The molecule has 3 aromatic rings. The van der Waals surface area contributed by atoms with Crippen LogP contribution in [0.3, 0.4) is 0 Å². The molecule has 1 aromatic heterocycles. The highest BCUT2D eigenvalue weighted by atomic mass is 32.1. The van der Waals surface area contributed by atoms with Crippen molar-refractivity contribution in [1.82, 2.24) is 15.2 Å². The summed E-state index contributed by atoms with van der Waals surface area (Å²) in [7, 11) is 1.63. The topological polar surface area (TPSA) is 71.5 Å². The van der Waals surface area contributed by atoms with Crippen molar-refractivity contribution in [3.05, 3.63) is 70.7 Å². The zero-order chi connectivity index (χ0) is 22.0. The molecule has 0 radical (unpaired) electrons. The number of rotatable bonds is 7. The lowest BCUT2D eigenvalue weighted by atomic mass is 9.93. The predicted molar refractivity (Wildman–Crippen MR) is 121 cm³/mol. The number of carbonyl (C=O) groups excluding carboxylic acids is 2. The lowest BCUT2D eigenvalue weighted by Crippen LogP contribution is -2.44. The van der Waals surface area contributed by atoms with E-state index in [4.69, 9.17) is 4.74 Å². The largest absolute Gasteiger partial charge is 0.497 e. The number of carbonyl (C=O) groups is 2. The third-order valence-electron chi connectivity index (χ3n) is 5.63. The second-order valence-corrected chi connectivity index (χ2v) is 8.98. The number of aromatic nitrogens is 1. The number of imide groups is 1. The van der Waals surface area contributed by atoms with E-state index in [-0.39, 0.29) is 18.5 Å². The van der Waals surface area contributed by atoms with Crippen molar-refractivity contribution >= 4 is 23.3 Å². The van der Waals surface area contributed by atoms with Gasteiger partial charge in [0.25, 0.3) is 5.91 Å². The third-order valence-corrected chi connectivity index (χ3v) is 6.82. The average molecular weight is 436 g/mol. The van der Waals surface area contributed by atoms with Crippen LogP contribution in [0.1, 0.15) is 29.5 Å². The number of hydrogen-bond acceptors (Lipinski definition) is 5. The van der Waals surface area contributed by atoms with E-state index in [0.29, 0.717) is 12.8 Å². The molecule has 1 atom stereocenters. The van der Waals surface area contributed by atoms with Crippen molar-refractivity contribution in [3.8, 4) is 16.3 Å². The normalized spacial score (nSPS) is 18.4. The van der Waals surface area contributed by atoms with Crippen LogP contribution in [0.2, 0.25) is 0 Å². The molecule has 2 heterocycles. The maximum atomic E-state index is 13.2. The van der Waals surface area contributed by atoms with Gasteiger partial charge in [-0.1, -0.05) is 42.5 Å². The Hall–Kier alpha value is -3.19. The minimum atomic E-state index is -0.919. The first-order valence-corrected chi connectivity index (χ1v) is 11.0. The minimum absolute atomic E-state index is 0.194. The Kier molecular flexibility index (Phi) is 5.78. The van der Waals surface area contributed by atoms with Gasteiger partial charge < -0.3 is 10.1 Å². The van der Waals surface area contributed by atoms with Crippen LogP contribution in [0, 0.1) is 6.92 Å². The summed E-state index contributed by atoms with van der Waals surface area (Å²) in [6.07, 6.45) is 1.20. The Balaban J connectivity index is 1.46. The Labute approximate surface area is 185 Å². The van der Waals surface area contributed by atoms with Gasteiger partial charge in [0, 0.05) is 10.4 Å². The zero-order valence-electron chi connectivity index (χ0n) is 17.8. The molecule has 0 saturated carbocycles. The van der Waals surface area contributed by atoms with E-state index in [9.17, 15) is 9.59 Å². The molecule has 7 heteroatoms. The fraction of sp³-hybridized carbons (Fsp3) is 0.292. The fourth-order valence-corrected chi connectivity index (χ4v) is 4.73. The maximum absolute atomic E-state index is 13.2. The summed E-state index contributed by atoms with van der Waals surface area (Å²) in [5.74, 6) is 0.598. The SMILES string of the molecule is COc1ccc(CCC2(C)NC(=O)N(Cc3sc(-c4ccccc4)nc3C)C2=O)cc1. The molecule has 1 N–H and O–H groups in total. The van der Waals surface area contributed by atoms with Gasteiger partial charge >= 0.3 is 6.03 Å². The second-order valence-electron chi connectivity index (χ2n) is 7.90. The highest BCUT2D eigenvalue weighted by molar-refractivity contribution is 7.15. The molecule has 0 spiro atoms. The van der Waals surface area contributed by atoms with Crippen molar-refractivity contribution in [2.24, 2.45) is 0 Å². The van der Waals surface area contributed by atoms with E-state index >= 15 is 0 Å². The Morgan fingerprint density at radius 2 is 1.81 bits per heavy atom. The van der Waals surface area contributed by atoms with E-state index in [1.807, 2.05) is 61.5 Å². The molecular formula is C24H25N3O3S. The van der Waals surface area contributed by atoms with Crippen molar-refractivity contribution in [3.63, 3.8) is 0 Å². The number of urea groups is 1. The molecule has 1 fully saturated rings. The molecule has 0 aliphatic carbocycles. The second kappa shape index (κ2) is 8.51. The summed E-state index contributed by atoms with van der Waals surface area (Å²) in [5.41, 5.74) is 2.05. The molecule has 1 aliphatic rings. The van der Waals surface area contributed by atoms with Gasteiger partial charge in [-0.3, -0.25) is 9.69 Å². The number of methoxy groups -OCH3 is 1. The number of thiazole rings is 1. The van der Waals surface area contributed by atoms with Gasteiger partial charge in [0.15, 0.2) is 0 Å². The lowest BCUT2D eigenvalue weighted by molar-refractivity contribution is -0.131. The minimum Gasteiger partial charge on any atom is -0.497 e. The first-order chi connectivity index (χ1) is 14.9. The van der Waals surface area contributed by atoms with Gasteiger partial charge in [0.2, 0.25) is 0 Å². The van der Waals surface area contributed by atoms with Crippen molar-refractivity contribution in [1.29, 1.82) is 0 Å². The summed E-state index contributed by atoms with van der Waals surface area (Å²) < 4.78 is 5.19. The van der Waals surface area contributed by atoms with Gasteiger partial charge in [0.1, 0.15) is 16.3 Å². The highest BCUT2D eigenvalue weighted by Crippen LogP contribution is 2.31. The highest BCUT2D eigenvalue weighted by Gasteiger charge is 2.47. The molecule has 1 saturated heterocycles. The first kappa shape index (κ1) is 21.1. The molecule has 1 aliphatic heterocycles. The Morgan fingerprint density at radius 3 is 2.48 bits per heavy atom. The van der Waals surface area contributed by atoms with Crippen LogP contribution in [0.5, 0.6) is 5.75 Å². The van der Waals surface area contributed by atoms with E-state index in [1.54, 1.807) is 14.0 Å². The van der Waals surface area contributed by atoms with Crippen molar-refractivity contribution < 1.29 is 14.3 Å². The van der Waals surface area contributed by atoms with E-state index < -0.39 is 5.54 Å². The molecule has 0 bridgehead atoms. The van der Waals surface area contributed by atoms with Crippen LogP contribution in [0.4, 0.5) is 4.79 Å². The van der Waals surface area contributed by atoms with Gasteiger partial charge in [-0.2, -0.15) is 0 Å². The van der Waals surface area contributed by atoms with E-state index in [0.717, 1.165) is 32.5 Å². The van der Waals surface area contributed by atoms with Crippen molar-refractivity contribution in [2.45, 2.75) is 38.8 Å². The molecule has 6 nitrogen and oxygen atoms in total. The molecular weight excluding hydrogens is 410 g/mol. The van der Waals surface area contributed by atoms with E-state index in [2.05, 4.69) is 10.3 Å². The van der Waals surface area contributed by atoms with Crippen LogP contribution in [0.15, 0.2) is 54.6 Å². The van der Waals surface area contributed by atoms with Crippen molar-refractivity contribution in [2.75, 3.05) is 7.11 Å². The predicted octanol–water partition coefficient (Wildman–Crippen LogP) is 4.57. The van der Waals surface area contributed by atoms with Gasteiger partial charge in [0.05, 0.1) is 19.3 Å². The van der Waals surface area contributed by atoms with Gasteiger partial charge in [-0.15, -0.1) is 11.3 Å². The number of amides is 3. The maximum Gasteiger partial charge on any atom is 0.325 e. The van der Waals surface area contributed by atoms with Crippen LogP contribution < -0.4 is 10.1 Å². The van der Waals surface area contributed by atoms with E-state index in [1.165, 1.54) is 16.2 Å². The Bertz CT molecular complexity index is 1100. The number of nitrogens with one attached hydrogen (secondary N) is 1.